The Morgan fingerprint density at radius 1 is 1.03 bits per heavy atom. The molecule has 0 aliphatic carbocycles. The van der Waals surface area contributed by atoms with Crippen molar-refractivity contribution in [2.24, 2.45) is 0 Å². The van der Waals surface area contributed by atoms with Crippen molar-refractivity contribution in [3.05, 3.63) is 83.9 Å². The highest BCUT2D eigenvalue weighted by Gasteiger charge is 2.24. The van der Waals surface area contributed by atoms with E-state index in [1.807, 2.05) is 47.4 Å². The van der Waals surface area contributed by atoms with Gasteiger partial charge in [-0.2, -0.15) is 5.26 Å². The van der Waals surface area contributed by atoms with E-state index in [4.69, 9.17) is 4.42 Å². The topological polar surface area (TPSA) is 76.6 Å². The van der Waals surface area contributed by atoms with Crippen molar-refractivity contribution in [3.8, 4) is 6.07 Å². The molecule has 1 aliphatic rings. The second-order valence-electron chi connectivity index (χ2n) is 7.56. The molecule has 3 aromatic rings. The Hall–Kier alpha value is -3.63. The molecular weight excluding hydrogens is 390 g/mol. The average molecular weight is 415 g/mol. The molecule has 158 valence electrons. The van der Waals surface area contributed by atoms with Crippen LogP contribution in [0.15, 0.2) is 71.5 Å². The number of aromatic nitrogens is 1. The Labute approximate surface area is 182 Å². The van der Waals surface area contributed by atoms with Crippen LogP contribution in [0.4, 0.5) is 5.82 Å². The van der Waals surface area contributed by atoms with Crippen LogP contribution in [0.3, 0.4) is 0 Å². The standard InChI is InChI=1S/C24H25N5O2/c25-16-21-8-4-10-26-24(21)28-13-11-27(12-14-28)19-23(30)29(18-22-9-5-15-31-22)17-20-6-2-1-3-7-20/h1-10,15H,11-14,17-19H2. The zero-order valence-electron chi connectivity index (χ0n) is 17.4. The third-order valence-electron chi connectivity index (χ3n) is 5.43. The number of pyridine rings is 1. The summed E-state index contributed by atoms with van der Waals surface area (Å²) in [6, 6.07) is 19.5. The molecular formula is C24H25N5O2. The molecule has 3 heterocycles. The van der Waals surface area contributed by atoms with Crippen molar-refractivity contribution in [2.45, 2.75) is 13.1 Å². The van der Waals surface area contributed by atoms with Gasteiger partial charge in [-0.05, 0) is 29.8 Å². The molecule has 0 spiro atoms. The van der Waals surface area contributed by atoms with Crippen LogP contribution >= 0.6 is 0 Å². The molecule has 1 fully saturated rings. The first-order valence-electron chi connectivity index (χ1n) is 10.4. The van der Waals surface area contributed by atoms with Crippen LogP contribution in [0.25, 0.3) is 0 Å². The van der Waals surface area contributed by atoms with Gasteiger partial charge >= 0.3 is 0 Å². The van der Waals surface area contributed by atoms with Gasteiger partial charge < -0.3 is 14.2 Å². The number of benzene rings is 1. The first-order chi connectivity index (χ1) is 15.2. The monoisotopic (exact) mass is 415 g/mol. The zero-order chi connectivity index (χ0) is 21.5. The summed E-state index contributed by atoms with van der Waals surface area (Å²) in [6.07, 6.45) is 3.34. The van der Waals surface area contributed by atoms with Crippen LogP contribution in [0.5, 0.6) is 0 Å². The van der Waals surface area contributed by atoms with E-state index in [0.29, 0.717) is 25.2 Å². The van der Waals surface area contributed by atoms with E-state index < -0.39 is 0 Å². The number of amides is 1. The number of nitriles is 1. The van der Waals surface area contributed by atoms with Crippen LogP contribution < -0.4 is 4.90 Å². The van der Waals surface area contributed by atoms with Crippen molar-refractivity contribution in [1.29, 1.82) is 5.26 Å². The van der Waals surface area contributed by atoms with Crippen LogP contribution in [-0.2, 0) is 17.9 Å². The van der Waals surface area contributed by atoms with Crippen LogP contribution in [0.1, 0.15) is 16.9 Å². The number of hydrogen-bond donors (Lipinski definition) is 0. The first-order valence-corrected chi connectivity index (χ1v) is 10.4. The Morgan fingerprint density at radius 3 is 2.55 bits per heavy atom. The lowest BCUT2D eigenvalue weighted by Crippen LogP contribution is -2.50. The van der Waals surface area contributed by atoms with Crippen LogP contribution in [0, 0.1) is 11.3 Å². The van der Waals surface area contributed by atoms with Gasteiger partial charge in [0.05, 0.1) is 24.9 Å². The Morgan fingerprint density at radius 2 is 1.84 bits per heavy atom. The molecule has 2 aromatic heterocycles. The quantitative estimate of drug-likeness (QED) is 0.591. The molecule has 4 rings (SSSR count). The predicted molar refractivity (Wildman–Crippen MR) is 117 cm³/mol. The van der Waals surface area contributed by atoms with Gasteiger partial charge in [-0.3, -0.25) is 9.69 Å². The lowest BCUT2D eigenvalue weighted by molar-refractivity contribution is -0.134. The maximum atomic E-state index is 13.2. The van der Waals surface area contributed by atoms with Gasteiger partial charge in [0, 0.05) is 38.9 Å². The molecule has 31 heavy (non-hydrogen) atoms. The van der Waals surface area contributed by atoms with E-state index in [2.05, 4.69) is 20.9 Å². The number of piperazine rings is 1. The molecule has 7 heteroatoms. The molecule has 0 unspecified atom stereocenters. The maximum absolute atomic E-state index is 13.2. The highest BCUT2D eigenvalue weighted by molar-refractivity contribution is 5.78. The van der Waals surface area contributed by atoms with Crippen LogP contribution in [0.2, 0.25) is 0 Å². The summed E-state index contributed by atoms with van der Waals surface area (Å²) in [5.41, 5.74) is 1.67. The van der Waals surface area contributed by atoms with Crippen molar-refractivity contribution in [2.75, 3.05) is 37.6 Å². The Balaban J connectivity index is 1.38. The molecule has 1 saturated heterocycles. The normalized spacial score (nSPS) is 14.2. The van der Waals surface area contributed by atoms with E-state index in [9.17, 15) is 10.1 Å². The molecule has 0 N–H and O–H groups in total. The molecule has 1 amide bonds. The van der Waals surface area contributed by atoms with E-state index in [-0.39, 0.29) is 5.91 Å². The highest BCUT2D eigenvalue weighted by Crippen LogP contribution is 2.18. The van der Waals surface area contributed by atoms with Crippen molar-refractivity contribution >= 4 is 11.7 Å². The highest BCUT2D eigenvalue weighted by atomic mass is 16.3. The van der Waals surface area contributed by atoms with Crippen molar-refractivity contribution < 1.29 is 9.21 Å². The predicted octanol–water partition coefficient (Wildman–Crippen LogP) is 2.90. The third-order valence-corrected chi connectivity index (χ3v) is 5.43. The third kappa shape index (κ3) is 5.30. The number of carbonyl (C=O) groups is 1. The number of nitrogens with zero attached hydrogens (tertiary/aromatic N) is 5. The Kier molecular flexibility index (Phi) is 6.60. The maximum Gasteiger partial charge on any atom is 0.237 e. The lowest BCUT2D eigenvalue weighted by Gasteiger charge is -2.36. The average Bonchev–Trinajstić information content (AvgIpc) is 3.33. The minimum atomic E-state index is 0.0734. The molecule has 0 radical (unpaired) electrons. The number of furan rings is 1. The first kappa shape index (κ1) is 20.6. The van der Waals surface area contributed by atoms with Crippen LogP contribution in [-0.4, -0.2) is 53.4 Å². The summed E-state index contributed by atoms with van der Waals surface area (Å²) in [6.45, 7) is 4.29. The van der Waals surface area contributed by atoms with E-state index in [0.717, 1.165) is 43.3 Å². The smallest absolute Gasteiger partial charge is 0.237 e. The largest absolute Gasteiger partial charge is 0.467 e. The van der Waals surface area contributed by atoms with Gasteiger partial charge in [-0.1, -0.05) is 30.3 Å². The van der Waals surface area contributed by atoms with Crippen molar-refractivity contribution in [3.63, 3.8) is 0 Å². The van der Waals surface area contributed by atoms with E-state index >= 15 is 0 Å². The molecule has 1 aliphatic heterocycles. The fraction of sp³-hybridized carbons (Fsp3) is 0.292. The molecule has 1 aromatic carbocycles. The van der Waals surface area contributed by atoms with Crippen molar-refractivity contribution in [1.82, 2.24) is 14.8 Å². The SMILES string of the molecule is N#Cc1cccnc1N1CCN(CC(=O)N(Cc2ccccc2)Cc2ccco2)CC1. The molecule has 0 saturated carbocycles. The van der Waals surface area contributed by atoms with Gasteiger partial charge in [0.15, 0.2) is 0 Å². The number of anilines is 1. The van der Waals surface area contributed by atoms with Gasteiger partial charge in [-0.15, -0.1) is 0 Å². The van der Waals surface area contributed by atoms with Gasteiger partial charge in [0.1, 0.15) is 17.6 Å². The summed E-state index contributed by atoms with van der Waals surface area (Å²) in [5, 5.41) is 9.32. The van der Waals surface area contributed by atoms with E-state index in [1.54, 1.807) is 24.6 Å². The fourth-order valence-electron chi connectivity index (χ4n) is 3.77. The minimum Gasteiger partial charge on any atom is -0.467 e. The fourth-order valence-corrected chi connectivity index (χ4v) is 3.77. The van der Waals surface area contributed by atoms with Gasteiger partial charge in [0.25, 0.3) is 0 Å². The molecule has 0 atom stereocenters. The number of rotatable bonds is 7. The van der Waals surface area contributed by atoms with Gasteiger partial charge in [-0.25, -0.2) is 4.98 Å². The summed E-state index contributed by atoms with van der Waals surface area (Å²) >= 11 is 0. The second-order valence-corrected chi connectivity index (χ2v) is 7.56. The summed E-state index contributed by atoms with van der Waals surface area (Å²) in [7, 11) is 0. The molecule has 7 nitrogen and oxygen atoms in total. The second kappa shape index (κ2) is 9.92. The summed E-state index contributed by atoms with van der Waals surface area (Å²) < 4.78 is 5.48. The van der Waals surface area contributed by atoms with E-state index in [1.165, 1.54) is 0 Å². The Bertz CT molecular complexity index is 1020. The zero-order valence-corrected chi connectivity index (χ0v) is 17.4. The summed E-state index contributed by atoms with van der Waals surface area (Å²) in [5.74, 6) is 1.57. The van der Waals surface area contributed by atoms with Gasteiger partial charge in [0.2, 0.25) is 5.91 Å². The molecule has 0 bridgehead atoms. The minimum absolute atomic E-state index is 0.0734. The number of hydrogen-bond acceptors (Lipinski definition) is 6. The number of carbonyl (C=O) groups excluding carboxylic acids is 1. The lowest BCUT2D eigenvalue weighted by atomic mass is 10.2. The summed E-state index contributed by atoms with van der Waals surface area (Å²) in [4.78, 5) is 23.7.